The molecule has 3 rings (SSSR count). The number of anilines is 2. The van der Waals surface area contributed by atoms with Gasteiger partial charge in [0.15, 0.2) is 0 Å². The molecule has 2 aromatic carbocycles. The standard InChI is InChI=1S/C17H16N2O2S/c20-16-12-19(15-9-5-4-8-14(15)18-16)17(21)10-11-22-13-6-2-1-3-7-13/h1-9H,10-12H2,(H,18,20). The molecule has 112 valence electrons. The van der Waals surface area contributed by atoms with Gasteiger partial charge in [-0.3, -0.25) is 9.59 Å². The Labute approximate surface area is 133 Å². The number of hydrogen-bond acceptors (Lipinski definition) is 3. The zero-order valence-electron chi connectivity index (χ0n) is 12.0. The summed E-state index contributed by atoms with van der Waals surface area (Å²) in [5, 5.41) is 2.79. The van der Waals surface area contributed by atoms with Crippen molar-refractivity contribution in [2.24, 2.45) is 0 Å². The Kier molecular flexibility index (Phi) is 4.44. The van der Waals surface area contributed by atoms with E-state index < -0.39 is 0 Å². The third-order valence-electron chi connectivity index (χ3n) is 3.40. The highest BCUT2D eigenvalue weighted by Crippen LogP contribution is 2.29. The van der Waals surface area contributed by atoms with Gasteiger partial charge in [0.1, 0.15) is 6.54 Å². The zero-order valence-corrected chi connectivity index (χ0v) is 12.8. The number of carbonyl (C=O) groups is 2. The lowest BCUT2D eigenvalue weighted by atomic mass is 10.2. The first-order valence-corrected chi connectivity index (χ1v) is 8.10. The van der Waals surface area contributed by atoms with Gasteiger partial charge in [-0.15, -0.1) is 11.8 Å². The topological polar surface area (TPSA) is 49.4 Å². The molecule has 1 aliphatic heterocycles. The maximum absolute atomic E-state index is 12.4. The third kappa shape index (κ3) is 3.31. The van der Waals surface area contributed by atoms with Crippen molar-refractivity contribution in [2.75, 3.05) is 22.5 Å². The molecule has 0 atom stereocenters. The van der Waals surface area contributed by atoms with Gasteiger partial charge in [-0.05, 0) is 24.3 Å². The SMILES string of the molecule is O=C1CN(C(=O)CCSc2ccccc2)c2ccccc2N1. The predicted molar refractivity (Wildman–Crippen MR) is 89.2 cm³/mol. The Morgan fingerprint density at radius 3 is 2.64 bits per heavy atom. The number of amides is 2. The third-order valence-corrected chi connectivity index (χ3v) is 4.41. The van der Waals surface area contributed by atoms with Gasteiger partial charge >= 0.3 is 0 Å². The van der Waals surface area contributed by atoms with Gasteiger partial charge in [-0.1, -0.05) is 30.3 Å². The molecule has 0 saturated heterocycles. The normalized spacial score (nSPS) is 13.5. The fraction of sp³-hybridized carbons (Fsp3) is 0.176. The molecule has 0 unspecified atom stereocenters. The minimum absolute atomic E-state index is 0.0225. The fourth-order valence-electron chi connectivity index (χ4n) is 2.36. The lowest BCUT2D eigenvalue weighted by molar-refractivity contribution is -0.121. The van der Waals surface area contributed by atoms with Crippen molar-refractivity contribution >= 4 is 35.0 Å². The Balaban J connectivity index is 1.64. The number of nitrogens with zero attached hydrogens (tertiary/aromatic N) is 1. The summed E-state index contributed by atoms with van der Waals surface area (Å²) in [5.74, 6) is 0.525. The summed E-state index contributed by atoms with van der Waals surface area (Å²) in [5.41, 5.74) is 1.47. The van der Waals surface area contributed by atoms with Crippen LogP contribution in [0.5, 0.6) is 0 Å². The number of fused-ring (bicyclic) bond motifs is 1. The Morgan fingerprint density at radius 2 is 1.82 bits per heavy atom. The Hall–Kier alpha value is -2.27. The molecule has 0 bridgehead atoms. The van der Waals surface area contributed by atoms with Crippen LogP contribution in [0.3, 0.4) is 0 Å². The van der Waals surface area contributed by atoms with Crippen LogP contribution < -0.4 is 10.2 Å². The first-order valence-electron chi connectivity index (χ1n) is 7.11. The molecule has 2 aromatic rings. The van der Waals surface area contributed by atoms with E-state index in [0.717, 1.165) is 10.6 Å². The molecule has 0 radical (unpaired) electrons. The van der Waals surface area contributed by atoms with Crippen LogP contribution in [0.15, 0.2) is 59.5 Å². The average molecular weight is 312 g/mol. The van der Waals surface area contributed by atoms with Crippen LogP contribution in [-0.4, -0.2) is 24.1 Å². The highest BCUT2D eigenvalue weighted by atomic mass is 32.2. The number of carbonyl (C=O) groups excluding carboxylic acids is 2. The molecular weight excluding hydrogens is 296 g/mol. The molecule has 1 N–H and O–H groups in total. The summed E-state index contributed by atoms with van der Waals surface area (Å²) in [6.07, 6.45) is 0.404. The second kappa shape index (κ2) is 6.66. The van der Waals surface area contributed by atoms with Crippen LogP contribution in [0.25, 0.3) is 0 Å². The van der Waals surface area contributed by atoms with Crippen LogP contribution >= 0.6 is 11.8 Å². The average Bonchev–Trinajstić information content (AvgIpc) is 2.55. The summed E-state index contributed by atoms with van der Waals surface area (Å²) in [7, 11) is 0. The molecule has 22 heavy (non-hydrogen) atoms. The summed E-state index contributed by atoms with van der Waals surface area (Å²) in [6, 6.07) is 17.4. The molecule has 2 amide bonds. The minimum Gasteiger partial charge on any atom is -0.323 e. The van der Waals surface area contributed by atoms with E-state index in [4.69, 9.17) is 0 Å². The van der Waals surface area contributed by atoms with Crippen molar-refractivity contribution in [1.29, 1.82) is 0 Å². The lowest BCUT2D eigenvalue weighted by Gasteiger charge is -2.29. The number of nitrogens with one attached hydrogen (secondary N) is 1. The largest absolute Gasteiger partial charge is 0.323 e. The number of hydrogen-bond donors (Lipinski definition) is 1. The Morgan fingerprint density at radius 1 is 1.09 bits per heavy atom. The van der Waals surface area contributed by atoms with Gasteiger partial charge in [0.2, 0.25) is 11.8 Å². The molecular formula is C17H16N2O2S. The van der Waals surface area contributed by atoms with Gasteiger partial charge in [-0.25, -0.2) is 0 Å². The van der Waals surface area contributed by atoms with Gasteiger partial charge in [0, 0.05) is 17.1 Å². The molecule has 4 nitrogen and oxygen atoms in total. The number of rotatable bonds is 4. The lowest BCUT2D eigenvalue weighted by Crippen LogP contribution is -2.42. The van der Waals surface area contributed by atoms with E-state index in [0.29, 0.717) is 17.9 Å². The van der Waals surface area contributed by atoms with Crippen molar-refractivity contribution in [3.8, 4) is 0 Å². The second-order valence-corrected chi connectivity index (χ2v) is 6.13. The van der Waals surface area contributed by atoms with Crippen LogP contribution in [0.4, 0.5) is 11.4 Å². The molecule has 5 heteroatoms. The number of benzene rings is 2. The monoisotopic (exact) mass is 312 g/mol. The van der Waals surface area contributed by atoms with Crippen LogP contribution in [0.1, 0.15) is 6.42 Å². The maximum atomic E-state index is 12.4. The van der Waals surface area contributed by atoms with Crippen LogP contribution in [-0.2, 0) is 9.59 Å². The fourth-order valence-corrected chi connectivity index (χ4v) is 3.23. The summed E-state index contributed by atoms with van der Waals surface area (Å²) >= 11 is 1.65. The van der Waals surface area contributed by atoms with E-state index in [9.17, 15) is 9.59 Å². The summed E-state index contributed by atoms with van der Waals surface area (Å²) in [4.78, 5) is 26.9. The molecule has 0 spiro atoms. The summed E-state index contributed by atoms with van der Waals surface area (Å²) in [6.45, 7) is 0.0891. The van der Waals surface area contributed by atoms with Crippen molar-refractivity contribution < 1.29 is 9.59 Å². The Bertz CT molecular complexity index is 688. The predicted octanol–water partition coefficient (Wildman–Crippen LogP) is 3.15. The molecule has 1 heterocycles. The second-order valence-electron chi connectivity index (χ2n) is 4.96. The van der Waals surface area contributed by atoms with Gasteiger partial charge in [0.05, 0.1) is 11.4 Å². The van der Waals surface area contributed by atoms with E-state index in [1.807, 2.05) is 54.6 Å². The summed E-state index contributed by atoms with van der Waals surface area (Å²) < 4.78 is 0. The zero-order chi connectivity index (χ0) is 15.4. The van der Waals surface area contributed by atoms with E-state index in [1.54, 1.807) is 16.7 Å². The van der Waals surface area contributed by atoms with Crippen LogP contribution in [0.2, 0.25) is 0 Å². The first-order chi connectivity index (χ1) is 10.7. The van der Waals surface area contributed by atoms with E-state index in [-0.39, 0.29) is 18.4 Å². The number of para-hydroxylation sites is 2. The van der Waals surface area contributed by atoms with Gasteiger partial charge in [0.25, 0.3) is 0 Å². The van der Waals surface area contributed by atoms with Crippen molar-refractivity contribution in [3.63, 3.8) is 0 Å². The molecule has 0 aromatic heterocycles. The van der Waals surface area contributed by atoms with Crippen molar-refractivity contribution in [1.82, 2.24) is 0 Å². The highest BCUT2D eigenvalue weighted by Gasteiger charge is 2.25. The van der Waals surface area contributed by atoms with Crippen LogP contribution in [0, 0.1) is 0 Å². The van der Waals surface area contributed by atoms with E-state index >= 15 is 0 Å². The first kappa shape index (κ1) is 14.7. The van der Waals surface area contributed by atoms with E-state index in [2.05, 4.69) is 5.32 Å². The van der Waals surface area contributed by atoms with E-state index in [1.165, 1.54) is 0 Å². The van der Waals surface area contributed by atoms with Crippen molar-refractivity contribution in [2.45, 2.75) is 11.3 Å². The van der Waals surface area contributed by atoms with Gasteiger partial charge < -0.3 is 10.2 Å². The molecule has 0 fully saturated rings. The minimum atomic E-state index is -0.150. The quantitative estimate of drug-likeness (QED) is 0.882. The smallest absolute Gasteiger partial charge is 0.244 e. The molecule has 0 aliphatic carbocycles. The molecule has 1 aliphatic rings. The molecule has 0 saturated carbocycles. The highest BCUT2D eigenvalue weighted by molar-refractivity contribution is 7.99. The van der Waals surface area contributed by atoms with Gasteiger partial charge in [-0.2, -0.15) is 0 Å². The van der Waals surface area contributed by atoms with Crippen molar-refractivity contribution in [3.05, 3.63) is 54.6 Å². The maximum Gasteiger partial charge on any atom is 0.244 e. The number of thioether (sulfide) groups is 1.